The van der Waals surface area contributed by atoms with E-state index in [9.17, 15) is 0 Å². The van der Waals surface area contributed by atoms with Crippen molar-refractivity contribution < 1.29 is 0 Å². The van der Waals surface area contributed by atoms with Crippen molar-refractivity contribution in [3.05, 3.63) is 18.2 Å². The summed E-state index contributed by atoms with van der Waals surface area (Å²) >= 11 is 0. The smallest absolute Gasteiger partial charge is 0.122 e. The van der Waals surface area contributed by atoms with Crippen LogP contribution in [0.3, 0.4) is 0 Å². The van der Waals surface area contributed by atoms with Crippen molar-refractivity contribution in [2.75, 3.05) is 19.6 Å². The van der Waals surface area contributed by atoms with Gasteiger partial charge in [-0.2, -0.15) is 0 Å². The van der Waals surface area contributed by atoms with Crippen molar-refractivity contribution in [3.63, 3.8) is 0 Å². The molecule has 0 aromatic carbocycles. The first-order chi connectivity index (χ1) is 7.42. The molecule has 0 aliphatic carbocycles. The molecule has 15 heavy (non-hydrogen) atoms. The summed E-state index contributed by atoms with van der Waals surface area (Å²) in [5.74, 6) is 1.22. The second-order valence-electron chi connectivity index (χ2n) is 4.57. The number of hydrogen-bond donors (Lipinski definition) is 1. The van der Waals surface area contributed by atoms with Crippen LogP contribution in [0.2, 0.25) is 0 Å². The largest absolute Gasteiger partial charge is 0.333 e. The Morgan fingerprint density at radius 1 is 1.47 bits per heavy atom. The Morgan fingerprint density at radius 3 is 3.33 bits per heavy atom. The minimum Gasteiger partial charge on any atom is -0.333 e. The maximum absolute atomic E-state index is 4.38. The van der Waals surface area contributed by atoms with Crippen molar-refractivity contribution in [2.45, 2.75) is 32.0 Å². The van der Waals surface area contributed by atoms with Gasteiger partial charge in [-0.25, -0.2) is 4.98 Å². The quantitative estimate of drug-likeness (QED) is 0.762. The molecule has 1 saturated heterocycles. The summed E-state index contributed by atoms with van der Waals surface area (Å²) in [4.78, 5) is 6.90. The van der Waals surface area contributed by atoms with E-state index in [0.29, 0.717) is 6.04 Å². The molecule has 1 aromatic rings. The number of nitrogens with one attached hydrogen (secondary N) is 1. The molecule has 0 amide bonds. The van der Waals surface area contributed by atoms with Crippen molar-refractivity contribution in [1.82, 2.24) is 19.8 Å². The zero-order valence-corrected chi connectivity index (χ0v) is 9.02. The number of imidazole rings is 1. The average Bonchev–Trinajstić information content (AvgIpc) is 2.87. The van der Waals surface area contributed by atoms with Gasteiger partial charge in [0.1, 0.15) is 5.82 Å². The molecule has 2 aliphatic heterocycles. The Hall–Kier alpha value is -0.870. The predicted octanol–water partition coefficient (Wildman–Crippen LogP) is 0.451. The molecule has 1 N–H and O–H groups in total. The molecule has 4 nitrogen and oxygen atoms in total. The average molecular weight is 206 g/mol. The van der Waals surface area contributed by atoms with E-state index in [1.54, 1.807) is 0 Å². The topological polar surface area (TPSA) is 33.1 Å². The molecular weight excluding hydrogens is 188 g/mol. The van der Waals surface area contributed by atoms with Crippen LogP contribution in [-0.4, -0.2) is 40.1 Å². The fourth-order valence-corrected chi connectivity index (χ4v) is 2.60. The lowest BCUT2D eigenvalue weighted by Gasteiger charge is -2.29. The normalized spacial score (nSPS) is 26.8. The number of fused-ring (bicyclic) bond motifs is 1. The number of hydrogen-bond acceptors (Lipinski definition) is 3. The van der Waals surface area contributed by atoms with Gasteiger partial charge < -0.3 is 9.88 Å². The zero-order valence-electron chi connectivity index (χ0n) is 9.02. The Balaban J connectivity index is 1.61. The molecule has 4 heteroatoms. The van der Waals surface area contributed by atoms with Gasteiger partial charge >= 0.3 is 0 Å². The van der Waals surface area contributed by atoms with Crippen molar-refractivity contribution in [3.8, 4) is 0 Å². The molecule has 1 fully saturated rings. The summed E-state index contributed by atoms with van der Waals surface area (Å²) in [6, 6.07) is 0.714. The summed E-state index contributed by atoms with van der Waals surface area (Å²) < 4.78 is 2.26. The molecule has 0 spiro atoms. The molecule has 2 aliphatic rings. The fraction of sp³-hybridized carbons (Fsp3) is 0.727. The highest BCUT2D eigenvalue weighted by Gasteiger charge is 2.21. The molecule has 3 heterocycles. The third-order valence-corrected chi connectivity index (χ3v) is 3.46. The monoisotopic (exact) mass is 206 g/mol. The third kappa shape index (κ3) is 1.92. The lowest BCUT2D eigenvalue weighted by Crippen LogP contribution is -2.41. The second kappa shape index (κ2) is 3.94. The lowest BCUT2D eigenvalue weighted by molar-refractivity contribution is 0.199. The summed E-state index contributed by atoms with van der Waals surface area (Å²) in [5, 5.41) is 3.55. The van der Waals surface area contributed by atoms with E-state index in [-0.39, 0.29) is 0 Å². The van der Waals surface area contributed by atoms with Crippen LogP contribution in [0.1, 0.15) is 18.7 Å². The SMILES string of the molecule is c1cn2c(n1)CN(C[C@H]1CCCN1)CC2. The molecule has 82 valence electrons. The van der Waals surface area contributed by atoms with Crippen LogP contribution in [0.25, 0.3) is 0 Å². The zero-order chi connectivity index (χ0) is 10.1. The van der Waals surface area contributed by atoms with Gasteiger partial charge in [0.15, 0.2) is 0 Å². The summed E-state index contributed by atoms with van der Waals surface area (Å²) in [6.45, 7) is 5.68. The number of rotatable bonds is 2. The van der Waals surface area contributed by atoms with Gasteiger partial charge in [-0.3, -0.25) is 4.90 Å². The van der Waals surface area contributed by atoms with Gasteiger partial charge in [0.2, 0.25) is 0 Å². The second-order valence-corrected chi connectivity index (χ2v) is 4.57. The van der Waals surface area contributed by atoms with E-state index in [4.69, 9.17) is 0 Å². The highest BCUT2D eigenvalue weighted by atomic mass is 15.2. The fourth-order valence-electron chi connectivity index (χ4n) is 2.60. The van der Waals surface area contributed by atoms with Crippen LogP contribution in [0.4, 0.5) is 0 Å². The molecule has 0 radical (unpaired) electrons. The summed E-state index contributed by atoms with van der Waals surface area (Å²) in [6.07, 6.45) is 6.67. The molecular formula is C11H18N4. The highest BCUT2D eigenvalue weighted by Crippen LogP contribution is 2.13. The minimum atomic E-state index is 0.714. The van der Waals surface area contributed by atoms with Crippen LogP contribution in [-0.2, 0) is 13.1 Å². The van der Waals surface area contributed by atoms with Crippen LogP contribution in [0.15, 0.2) is 12.4 Å². The summed E-state index contributed by atoms with van der Waals surface area (Å²) in [5.41, 5.74) is 0. The van der Waals surface area contributed by atoms with Crippen molar-refractivity contribution in [1.29, 1.82) is 0 Å². The summed E-state index contributed by atoms with van der Waals surface area (Å²) in [7, 11) is 0. The van der Waals surface area contributed by atoms with E-state index in [2.05, 4.69) is 26.0 Å². The first-order valence-electron chi connectivity index (χ1n) is 5.87. The van der Waals surface area contributed by atoms with E-state index >= 15 is 0 Å². The van der Waals surface area contributed by atoms with E-state index in [0.717, 1.165) is 13.1 Å². The molecule has 3 rings (SSSR count). The number of nitrogens with zero attached hydrogens (tertiary/aromatic N) is 3. The Labute approximate surface area is 90.3 Å². The van der Waals surface area contributed by atoms with Gasteiger partial charge in [-0.15, -0.1) is 0 Å². The van der Waals surface area contributed by atoms with E-state index in [1.165, 1.54) is 38.3 Å². The van der Waals surface area contributed by atoms with Crippen LogP contribution < -0.4 is 5.32 Å². The van der Waals surface area contributed by atoms with Gasteiger partial charge in [-0.1, -0.05) is 0 Å². The van der Waals surface area contributed by atoms with Gasteiger partial charge in [-0.05, 0) is 19.4 Å². The predicted molar refractivity (Wildman–Crippen MR) is 58.5 cm³/mol. The van der Waals surface area contributed by atoms with Crippen molar-refractivity contribution >= 4 is 0 Å². The third-order valence-electron chi connectivity index (χ3n) is 3.46. The van der Waals surface area contributed by atoms with Gasteiger partial charge in [0.25, 0.3) is 0 Å². The first kappa shape index (κ1) is 9.36. The Morgan fingerprint density at radius 2 is 2.47 bits per heavy atom. The minimum absolute atomic E-state index is 0.714. The molecule has 1 aromatic heterocycles. The Kier molecular flexibility index (Phi) is 2.46. The first-order valence-corrected chi connectivity index (χ1v) is 5.87. The van der Waals surface area contributed by atoms with Crippen LogP contribution in [0, 0.1) is 0 Å². The maximum Gasteiger partial charge on any atom is 0.122 e. The van der Waals surface area contributed by atoms with Crippen molar-refractivity contribution in [2.24, 2.45) is 0 Å². The molecule has 1 atom stereocenters. The molecule has 0 saturated carbocycles. The van der Waals surface area contributed by atoms with Crippen LogP contribution >= 0.6 is 0 Å². The highest BCUT2D eigenvalue weighted by molar-refractivity contribution is 4.96. The molecule has 0 bridgehead atoms. The lowest BCUT2D eigenvalue weighted by atomic mass is 10.2. The van der Waals surface area contributed by atoms with Gasteiger partial charge in [0, 0.05) is 38.1 Å². The van der Waals surface area contributed by atoms with Gasteiger partial charge in [0.05, 0.1) is 6.54 Å². The van der Waals surface area contributed by atoms with E-state index < -0.39 is 0 Å². The van der Waals surface area contributed by atoms with Crippen LogP contribution in [0.5, 0.6) is 0 Å². The molecule has 0 unspecified atom stereocenters. The Bertz CT molecular complexity index is 327. The number of aromatic nitrogens is 2. The van der Waals surface area contributed by atoms with E-state index in [1.807, 2.05) is 6.20 Å². The maximum atomic E-state index is 4.38. The standard InChI is InChI=1S/C11H18N4/c1-2-10(12-3-1)8-14-6-7-15-5-4-13-11(15)9-14/h4-5,10,12H,1-3,6-9H2/t10-/m1/s1.